The van der Waals surface area contributed by atoms with Gasteiger partial charge in [0.2, 0.25) is 0 Å². The summed E-state index contributed by atoms with van der Waals surface area (Å²) >= 11 is 1.75. The molecule has 0 aliphatic heterocycles. The number of thiophene rings is 1. The molecule has 0 aliphatic carbocycles. The zero-order chi connectivity index (χ0) is 30.2. The number of nitrogens with zero attached hydrogens (tertiary/aromatic N) is 5. The van der Waals surface area contributed by atoms with Gasteiger partial charge in [0.15, 0.2) is 0 Å². The number of rotatable bonds is 2. The summed E-state index contributed by atoms with van der Waals surface area (Å²) in [4.78, 5) is 0. The Hall–Kier alpha value is -6.39. The molecule has 0 saturated carbocycles. The third kappa shape index (κ3) is 3.51. The minimum Gasteiger partial charge on any atom is -0.309 e. The van der Waals surface area contributed by atoms with Crippen molar-refractivity contribution in [3.05, 3.63) is 132 Å². The Kier molecular flexibility index (Phi) is 5.20. The predicted molar refractivity (Wildman–Crippen MR) is 182 cm³/mol. The summed E-state index contributed by atoms with van der Waals surface area (Å²) in [6, 6.07) is 45.7. The second-order valence-electron chi connectivity index (χ2n) is 11.2. The van der Waals surface area contributed by atoms with Gasteiger partial charge in [-0.2, -0.15) is 15.8 Å². The van der Waals surface area contributed by atoms with Crippen LogP contribution in [0.3, 0.4) is 0 Å². The number of para-hydroxylation sites is 1. The molecule has 6 aromatic carbocycles. The van der Waals surface area contributed by atoms with Crippen molar-refractivity contribution in [1.29, 1.82) is 15.8 Å². The highest BCUT2D eigenvalue weighted by Gasteiger charge is 2.20. The zero-order valence-corrected chi connectivity index (χ0v) is 24.4. The monoisotopic (exact) mass is 589 g/mol. The molecule has 45 heavy (non-hydrogen) atoms. The van der Waals surface area contributed by atoms with Crippen molar-refractivity contribution in [2.75, 3.05) is 0 Å². The van der Waals surface area contributed by atoms with Crippen LogP contribution in [0.4, 0.5) is 0 Å². The fourth-order valence-corrected chi connectivity index (χ4v) is 7.96. The fourth-order valence-electron chi connectivity index (χ4n) is 6.87. The summed E-state index contributed by atoms with van der Waals surface area (Å²) in [6.45, 7) is 0. The van der Waals surface area contributed by atoms with Crippen LogP contribution in [0.2, 0.25) is 0 Å². The van der Waals surface area contributed by atoms with E-state index in [-0.39, 0.29) is 0 Å². The first-order valence-electron chi connectivity index (χ1n) is 14.4. The molecule has 0 unspecified atom stereocenters. The van der Waals surface area contributed by atoms with E-state index in [9.17, 15) is 15.8 Å². The van der Waals surface area contributed by atoms with E-state index in [0.29, 0.717) is 16.7 Å². The van der Waals surface area contributed by atoms with E-state index in [1.54, 1.807) is 11.3 Å². The molecule has 0 amide bonds. The number of hydrogen-bond donors (Lipinski definition) is 0. The molecule has 0 aliphatic rings. The lowest BCUT2D eigenvalue weighted by atomic mass is 10.1. The highest BCUT2D eigenvalue weighted by molar-refractivity contribution is 7.26. The van der Waals surface area contributed by atoms with Crippen LogP contribution >= 0.6 is 11.3 Å². The van der Waals surface area contributed by atoms with Crippen LogP contribution in [0.5, 0.6) is 0 Å². The summed E-state index contributed by atoms with van der Waals surface area (Å²) in [5.41, 5.74) is 7.95. The van der Waals surface area contributed by atoms with Gasteiger partial charge >= 0.3 is 0 Å². The maximum Gasteiger partial charge on any atom is 0.0991 e. The normalized spacial score (nSPS) is 11.5. The van der Waals surface area contributed by atoms with Crippen molar-refractivity contribution in [1.82, 2.24) is 9.13 Å². The van der Waals surface area contributed by atoms with Crippen LogP contribution in [-0.4, -0.2) is 9.13 Å². The van der Waals surface area contributed by atoms with Crippen LogP contribution in [0.15, 0.2) is 115 Å². The van der Waals surface area contributed by atoms with Gasteiger partial charge in [0, 0.05) is 53.1 Å². The summed E-state index contributed by atoms with van der Waals surface area (Å²) in [7, 11) is 0. The molecule has 9 rings (SSSR count). The maximum absolute atomic E-state index is 9.71. The van der Waals surface area contributed by atoms with Crippen molar-refractivity contribution in [2.24, 2.45) is 0 Å². The van der Waals surface area contributed by atoms with Crippen molar-refractivity contribution in [2.45, 2.75) is 0 Å². The topological polar surface area (TPSA) is 81.2 Å². The summed E-state index contributed by atoms with van der Waals surface area (Å²) < 4.78 is 6.88. The molecule has 5 nitrogen and oxygen atoms in total. The number of benzene rings is 6. The predicted octanol–water partition coefficient (Wildman–Crippen LogP) is 9.86. The van der Waals surface area contributed by atoms with Gasteiger partial charge in [-0.3, -0.25) is 0 Å². The Morgan fingerprint density at radius 3 is 1.71 bits per heavy atom. The van der Waals surface area contributed by atoms with Crippen molar-refractivity contribution in [3.8, 4) is 29.6 Å². The number of nitriles is 3. The van der Waals surface area contributed by atoms with E-state index in [1.165, 1.54) is 10.1 Å². The fraction of sp³-hybridized carbons (Fsp3) is 0. The van der Waals surface area contributed by atoms with Gasteiger partial charge in [-0.1, -0.05) is 30.3 Å². The van der Waals surface area contributed by atoms with E-state index in [2.05, 4.69) is 94.1 Å². The van der Waals surface area contributed by atoms with E-state index in [4.69, 9.17) is 0 Å². The number of fused-ring (bicyclic) bond motifs is 10. The van der Waals surface area contributed by atoms with E-state index < -0.39 is 0 Å². The minimum absolute atomic E-state index is 0.578. The van der Waals surface area contributed by atoms with Crippen LogP contribution < -0.4 is 0 Å². The lowest BCUT2D eigenvalue weighted by Gasteiger charge is -2.13. The molecule has 3 aromatic heterocycles. The summed E-state index contributed by atoms with van der Waals surface area (Å²) in [5, 5.41) is 35.4. The molecule has 206 valence electrons. The lowest BCUT2D eigenvalue weighted by Crippen LogP contribution is -1.99. The van der Waals surface area contributed by atoms with Gasteiger partial charge in [0.25, 0.3) is 0 Å². The van der Waals surface area contributed by atoms with Gasteiger partial charge in [0.1, 0.15) is 0 Å². The Labute approximate surface area is 260 Å². The molecular weight excluding hydrogens is 571 g/mol. The average Bonchev–Trinajstić information content (AvgIpc) is 3.74. The molecule has 0 spiro atoms. The van der Waals surface area contributed by atoms with Crippen LogP contribution in [0, 0.1) is 34.0 Å². The summed E-state index contributed by atoms with van der Waals surface area (Å²) in [6.07, 6.45) is 0. The van der Waals surface area contributed by atoms with Crippen LogP contribution in [0.1, 0.15) is 16.7 Å². The quantitative estimate of drug-likeness (QED) is 0.201. The van der Waals surface area contributed by atoms with Gasteiger partial charge in [-0.05, 0) is 84.9 Å². The van der Waals surface area contributed by atoms with Crippen LogP contribution in [-0.2, 0) is 0 Å². The van der Waals surface area contributed by atoms with Gasteiger partial charge in [0.05, 0.1) is 57.0 Å². The molecule has 0 atom stereocenters. The van der Waals surface area contributed by atoms with Crippen molar-refractivity contribution in [3.63, 3.8) is 0 Å². The van der Waals surface area contributed by atoms with Gasteiger partial charge in [-0.15, -0.1) is 11.3 Å². The van der Waals surface area contributed by atoms with E-state index in [1.807, 2.05) is 48.5 Å². The highest BCUT2D eigenvalue weighted by Crippen LogP contribution is 2.43. The molecule has 9 aromatic rings. The Bertz CT molecular complexity index is 2790. The zero-order valence-electron chi connectivity index (χ0n) is 23.6. The molecule has 0 N–H and O–H groups in total. The smallest absolute Gasteiger partial charge is 0.0991 e. The molecule has 0 radical (unpaired) electrons. The van der Waals surface area contributed by atoms with Gasteiger partial charge in [-0.25, -0.2) is 0 Å². The Morgan fingerprint density at radius 2 is 1.02 bits per heavy atom. The van der Waals surface area contributed by atoms with Crippen LogP contribution in [0.25, 0.3) is 75.2 Å². The number of aromatic nitrogens is 2. The molecular formula is C39H19N5S. The van der Waals surface area contributed by atoms with Crippen molar-refractivity contribution >= 4 is 75.1 Å². The summed E-state index contributed by atoms with van der Waals surface area (Å²) in [5.74, 6) is 0. The maximum atomic E-state index is 9.71. The molecule has 0 bridgehead atoms. The second kappa shape index (κ2) is 9.30. The molecule has 6 heteroatoms. The SMILES string of the molecule is N#Cc1ccc2sc3ccc4c5ccccc5n(-c5cccc(-n6c7ccc(C#N)cc7c7cc(C#N)ccc76)c5)c4c3c2c1. The van der Waals surface area contributed by atoms with E-state index in [0.717, 1.165) is 65.1 Å². The molecule has 0 fully saturated rings. The van der Waals surface area contributed by atoms with Gasteiger partial charge < -0.3 is 9.13 Å². The van der Waals surface area contributed by atoms with E-state index >= 15 is 0 Å². The average molecular weight is 590 g/mol. The first kappa shape index (κ1) is 25.1. The molecule has 3 heterocycles. The standard InChI is InChI=1S/C39H19N5S/c40-20-23-8-12-34-30(16-23)31-17-24(21-41)9-13-35(31)43(34)26-4-3-5-27(19-26)44-33-7-2-1-6-28(33)29-11-15-37-38(39(29)44)32-18-25(22-42)10-14-36(32)45-37/h1-19H. The third-order valence-corrected chi connectivity index (χ3v) is 9.90. The first-order valence-corrected chi connectivity index (χ1v) is 15.3. The second-order valence-corrected chi connectivity index (χ2v) is 12.2. The minimum atomic E-state index is 0.578. The molecule has 0 saturated heterocycles. The highest BCUT2D eigenvalue weighted by atomic mass is 32.1. The largest absolute Gasteiger partial charge is 0.309 e. The van der Waals surface area contributed by atoms with Crippen molar-refractivity contribution < 1.29 is 0 Å². The Balaban J connectivity index is 1.39. The number of hydrogen-bond acceptors (Lipinski definition) is 4. The third-order valence-electron chi connectivity index (χ3n) is 8.77. The first-order chi connectivity index (χ1) is 22.2. The Morgan fingerprint density at radius 1 is 0.444 bits per heavy atom. The lowest BCUT2D eigenvalue weighted by molar-refractivity contribution is 1.14.